The number of aliphatic hydroxyl groups excluding tert-OH is 1. The molecule has 1 fully saturated rings. The highest BCUT2D eigenvalue weighted by atomic mass is 35.5. The Balaban J connectivity index is 1.24. The van der Waals surface area contributed by atoms with Crippen molar-refractivity contribution >= 4 is 51.6 Å². The van der Waals surface area contributed by atoms with Crippen LogP contribution in [0.15, 0.2) is 67.0 Å². The van der Waals surface area contributed by atoms with Gasteiger partial charge in [0.1, 0.15) is 5.82 Å². The van der Waals surface area contributed by atoms with Crippen molar-refractivity contribution in [1.29, 1.82) is 0 Å². The zero-order chi connectivity index (χ0) is 26.6. The second-order valence-corrected chi connectivity index (χ2v) is 9.75. The largest absolute Gasteiger partial charge is 0.393 e. The number of nitrogens with zero attached hydrogens (tertiary/aromatic N) is 3. The number of nitrogens with one attached hydrogen (secondary N) is 3. The van der Waals surface area contributed by atoms with Gasteiger partial charge in [0.25, 0.3) is 5.91 Å². The number of benzene rings is 2. The van der Waals surface area contributed by atoms with E-state index in [4.69, 9.17) is 11.6 Å². The van der Waals surface area contributed by atoms with Gasteiger partial charge in [0.05, 0.1) is 22.3 Å². The number of anilines is 3. The van der Waals surface area contributed by atoms with Gasteiger partial charge in [-0.3, -0.25) is 14.3 Å². The smallest absolute Gasteiger partial charge is 0.325 e. The summed E-state index contributed by atoms with van der Waals surface area (Å²) >= 11 is 6.51. The summed E-state index contributed by atoms with van der Waals surface area (Å²) in [6.07, 6.45) is 4.70. The summed E-state index contributed by atoms with van der Waals surface area (Å²) in [5.74, 6) is 0.149. The fourth-order valence-electron chi connectivity index (χ4n) is 4.57. The van der Waals surface area contributed by atoms with E-state index in [2.05, 4.69) is 25.8 Å². The lowest BCUT2D eigenvalue weighted by molar-refractivity contribution is 0.0792. The molecule has 0 radical (unpaired) electrons. The number of aliphatic hydroxyl groups is 1. The molecule has 4 aromatic rings. The van der Waals surface area contributed by atoms with E-state index in [-0.39, 0.29) is 18.0 Å². The van der Waals surface area contributed by atoms with E-state index in [1.54, 1.807) is 37.6 Å². The Kier molecular flexibility index (Phi) is 7.59. The van der Waals surface area contributed by atoms with Gasteiger partial charge in [0.2, 0.25) is 0 Å². The van der Waals surface area contributed by atoms with Gasteiger partial charge in [0.15, 0.2) is 0 Å². The third-order valence-electron chi connectivity index (χ3n) is 6.67. The van der Waals surface area contributed by atoms with Crippen LogP contribution >= 0.6 is 11.6 Å². The van der Waals surface area contributed by atoms with Crippen LogP contribution in [0.2, 0.25) is 5.02 Å². The molecule has 1 aliphatic heterocycles. The molecule has 5 rings (SSSR count). The van der Waals surface area contributed by atoms with Crippen molar-refractivity contribution in [3.63, 3.8) is 0 Å². The summed E-state index contributed by atoms with van der Waals surface area (Å²) in [5.41, 5.74) is 3.72. The summed E-state index contributed by atoms with van der Waals surface area (Å²) in [7, 11) is 1.57. The standard InChI is InChI=1S/C28H29ClN6O3/c1-30-28(38)35-13-7-20-14-24(23(29)16-25(20)35)32-21-6-10-31-26(15-21)33-27(37)19-4-2-18(3-5-19)17-34-11-8-22(36)9-12-34/h2-7,10,13-16,22,36H,8-9,11-12,17H2,1H3,(H,30,38)(H2,31,32,33,37). The second-order valence-electron chi connectivity index (χ2n) is 9.34. The highest BCUT2D eigenvalue weighted by Gasteiger charge is 2.17. The van der Waals surface area contributed by atoms with Crippen molar-refractivity contribution in [3.05, 3.63) is 83.1 Å². The van der Waals surface area contributed by atoms with Crippen LogP contribution in [-0.4, -0.2) is 57.7 Å². The molecular formula is C28H29ClN6O3. The van der Waals surface area contributed by atoms with E-state index in [9.17, 15) is 14.7 Å². The van der Waals surface area contributed by atoms with Gasteiger partial charge in [0, 0.05) is 61.8 Å². The number of hydrogen-bond acceptors (Lipinski definition) is 6. The van der Waals surface area contributed by atoms with Crippen LogP contribution in [0, 0.1) is 0 Å². The average molecular weight is 533 g/mol. The maximum atomic E-state index is 12.8. The normalized spacial score (nSPS) is 14.4. The lowest BCUT2D eigenvalue weighted by atomic mass is 10.1. The molecule has 0 aliphatic carbocycles. The number of hydrogen-bond donors (Lipinski definition) is 4. The Morgan fingerprint density at radius 3 is 2.58 bits per heavy atom. The van der Waals surface area contributed by atoms with Crippen LogP contribution in [0.5, 0.6) is 0 Å². The number of piperidine rings is 1. The fourth-order valence-corrected chi connectivity index (χ4v) is 4.77. The molecule has 9 nitrogen and oxygen atoms in total. The second kappa shape index (κ2) is 11.2. The molecule has 2 aromatic carbocycles. The molecule has 4 N–H and O–H groups in total. The Bertz CT molecular complexity index is 1460. The van der Waals surface area contributed by atoms with E-state index in [1.165, 1.54) is 4.57 Å². The number of halogens is 1. The lowest BCUT2D eigenvalue weighted by Crippen LogP contribution is -2.35. The van der Waals surface area contributed by atoms with Crippen molar-refractivity contribution in [2.45, 2.75) is 25.5 Å². The third-order valence-corrected chi connectivity index (χ3v) is 6.98. The van der Waals surface area contributed by atoms with Crippen molar-refractivity contribution in [1.82, 2.24) is 19.8 Å². The summed E-state index contributed by atoms with van der Waals surface area (Å²) in [4.78, 5) is 31.5. The van der Waals surface area contributed by atoms with Crippen LogP contribution in [0.4, 0.5) is 22.0 Å². The Hall–Kier alpha value is -3.92. The van der Waals surface area contributed by atoms with Gasteiger partial charge in [-0.25, -0.2) is 9.78 Å². The van der Waals surface area contributed by atoms with Crippen LogP contribution in [0.1, 0.15) is 28.8 Å². The number of fused-ring (bicyclic) bond motifs is 1. The van der Waals surface area contributed by atoms with Gasteiger partial charge in [-0.15, -0.1) is 0 Å². The molecule has 0 unspecified atom stereocenters. The van der Waals surface area contributed by atoms with Crippen molar-refractivity contribution in [2.24, 2.45) is 0 Å². The first-order chi connectivity index (χ1) is 18.4. The predicted octanol–water partition coefficient (Wildman–Crippen LogP) is 4.83. The molecule has 0 spiro atoms. The van der Waals surface area contributed by atoms with Gasteiger partial charge in [-0.05, 0) is 54.8 Å². The molecule has 0 saturated carbocycles. The van der Waals surface area contributed by atoms with Crippen LogP contribution in [0.25, 0.3) is 10.9 Å². The highest BCUT2D eigenvalue weighted by molar-refractivity contribution is 6.34. The van der Waals surface area contributed by atoms with E-state index in [0.717, 1.165) is 43.4 Å². The first-order valence-corrected chi connectivity index (χ1v) is 12.8. The van der Waals surface area contributed by atoms with E-state index in [0.29, 0.717) is 33.3 Å². The third kappa shape index (κ3) is 5.80. The molecule has 2 aromatic heterocycles. The minimum atomic E-state index is -0.253. The number of carbonyl (C=O) groups is 2. The highest BCUT2D eigenvalue weighted by Crippen LogP contribution is 2.31. The van der Waals surface area contributed by atoms with E-state index < -0.39 is 0 Å². The molecule has 38 heavy (non-hydrogen) atoms. The zero-order valence-electron chi connectivity index (χ0n) is 20.9. The lowest BCUT2D eigenvalue weighted by Gasteiger charge is -2.29. The number of rotatable bonds is 6. The molecule has 0 bridgehead atoms. The summed E-state index contributed by atoms with van der Waals surface area (Å²) in [6, 6.07) is 16.2. The molecule has 0 atom stereocenters. The predicted molar refractivity (Wildman–Crippen MR) is 149 cm³/mol. The minimum absolute atomic E-state index is 0.191. The number of likely N-dealkylation sites (tertiary alicyclic amines) is 1. The maximum absolute atomic E-state index is 12.8. The van der Waals surface area contributed by atoms with Crippen LogP contribution in [-0.2, 0) is 6.54 Å². The number of amides is 2. The summed E-state index contributed by atoms with van der Waals surface area (Å²) in [5, 5.41) is 19.7. The first-order valence-electron chi connectivity index (χ1n) is 12.5. The Labute approximate surface area is 225 Å². The summed E-state index contributed by atoms with van der Waals surface area (Å²) < 4.78 is 1.50. The molecule has 2 amide bonds. The molecule has 1 aliphatic rings. The Morgan fingerprint density at radius 1 is 1.08 bits per heavy atom. The molecular weight excluding hydrogens is 504 g/mol. The van der Waals surface area contributed by atoms with E-state index >= 15 is 0 Å². The molecule has 196 valence electrons. The number of pyridine rings is 1. The van der Waals surface area contributed by atoms with Gasteiger partial charge in [-0.1, -0.05) is 23.7 Å². The maximum Gasteiger partial charge on any atom is 0.325 e. The monoisotopic (exact) mass is 532 g/mol. The number of aromatic nitrogens is 2. The molecule has 1 saturated heterocycles. The van der Waals surface area contributed by atoms with Gasteiger partial charge < -0.3 is 21.1 Å². The summed E-state index contributed by atoms with van der Waals surface area (Å²) in [6.45, 7) is 2.55. The van der Waals surface area contributed by atoms with E-state index in [1.807, 2.05) is 36.4 Å². The Morgan fingerprint density at radius 2 is 1.84 bits per heavy atom. The fraction of sp³-hybridized carbons (Fsp3) is 0.250. The van der Waals surface area contributed by atoms with Crippen molar-refractivity contribution < 1.29 is 14.7 Å². The first kappa shape index (κ1) is 25.7. The van der Waals surface area contributed by atoms with Crippen molar-refractivity contribution in [2.75, 3.05) is 30.8 Å². The van der Waals surface area contributed by atoms with Crippen LogP contribution in [0.3, 0.4) is 0 Å². The topological polar surface area (TPSA) is 112 Å². The van der Waals surface area contributed by atoms with Crippen LogP contribution < -0.4 is 16.0 Å². The van der Waals surface area contributed by atoms with Gasteiger partial charge >= 0.3 is 6.03 Å². The minimum Gasteiger partial charge on any atom is -0.393 e. The number of carbonyl (C=O) groups excluding carboxylic acids is 2. The average Bonchev–Trinajstić information content (AvgIpc) is 3.33. The quantitative estimate of drug-likeness (QED) is 0.283. The SMILES string of the molecule is CNC(=O)n1ccc2cc(Nc3ccnc(NC(=O)c4ccc(CN5CCC(O)CC5)cc4)c3)c(Cl)cc21. The van der Waals surface area contributed by atoms with Gasteiger partial charge in [-0.2, -0.15) is 0 Å². The molecule has 10 heteroatoms. The zero-order valence-corrected chi connectivity index (χ0v) is 21.7. The molecule has 3 heterocycles. The van der Waals surface area contributed by atoms with Crippen molar-refractivity contribution in [3.8, 4) is 0 Å².